The lowest BCUT2D eigenvalue weighted by Gasteiger charge is -2.17. The molecule has 1 heterocycles. The third-order valence-electron chi connectivity index (χ3n) is 5.03. The highest BCUT2D eigenvalue weighted by Gasteiger charge is 2.20. The predicted molar refractivity (Wildman–Crippen MR) is 142 cm³/mol. The maximum atomic E-state index is 14.1. The van der Waals surface area contributed by atoms with Crippen molar-refractivity contribution in [2.75, 3.05) is 20.3 Å². The van der Waals surface area contributed by atoms with Gasteiger partial charge in [-0.25, -0.2) is 13.8 Å². The number of aliphatic hydroxyl groups excluding tert-OH is 1. The minimum Gasteiger partial charge on any atom is -0.384 e. The highest BCUT2D eigenvalue weighted by atomic mass is 19.1. The van der Waals surface area contributed by atoms with E-state index >= 15 is 0 Å². The maximum absolute atomic E-state index is 14.1. The minimum absolute atomic E-state index is 0.0401. The summed E-state index contributed by atoms with van der Waals surface area (Å²) in [6.07, 6.45) is 1.26. The fraction of sp³-hybridized carbons (Fsp3) is 0.429. The fourth-order valence-electron chi connectivity index (χ4n) is 3.31. The van der Waals surface area contributed by atoms with E-state index in [-0.39, 0.29) is 16.9 Å². The molecule has 2 aromatic carbocycles. The second-order valence-electron chi connectivity index (χ2n) is 9.64. The number of H-pyrrole nitrogens is 1. The number of imidazole rings is 1. The number of aromatic nitrogens is 2. The zero-order valence-electron chi connectivity index (χ0n) is 22.2. The number of carbonyl (C=O) groups excluding carboxylic acids is 1. The average Bonchev–Trinajstić information content (AvgIpc) is 3.23. The zero-order valence-corrected chi connectivity index (χ0v) is 22.2. The Morgan fingerprint density at radius 1 is 1.14 bits per heavy atom. The highest BCUT2D eigenvalue weighted by Crippen LogP contribution is 2.28. The molecule has 3 aromatic rings. The van der Waals surface area contributed by atoms with Crippen LogP contribution in [0.5, 0.6) is 0 Å². The van der Waals surface area contributed by atoms with Gasteiger partial charge in [-0.1, -0.05) is 51.1 Å². The smallest absolute Gasteiger partial charge is 0.248 e. The SMILES string of the molecule is CC(C)(C)Cc1nc(-c2cc(F)ccc2F)[nH]c1Cc1ccccc1.CF.C[C@H](O)C(=O)NCCCN. The molecule has 0 saturated carbocycles. The Labute approximate surface area is 217 Å². The molecule has 37 heavy (non-hydrogen) atoms. The number of rotatable bonds is 8. The van der Waals surface area contributed by atoms with Crippen LogP contribution in [0.15, 0.2) is 48.5 Å². The zero-order chi connectivity index (χ0) is 28.0. The first kappa shape index (κ1) is 31.9. The van der Waals surface area contributed by atoms with Gasteiger partial charge in [0, 0.05) is 18.7 Å². The molecule has 0 radical (unpaired) electrons. The van der Waals surface area contributed by atoms with Crippen LogP contribution in [0.3, 0.4) is 0 Å². The fourth-order valence-corrected chi connectivity index (χ4v) is 3.31. The van der Waals surface area contributed by atoms with Gasteiger partial charge in [0.15, 0.2) is 0 Å². The summed E-state index contributed by atoms with van der Waals surface area (Å²) in [4.78, 5) is 18.4. The predicted octanol–water partition coefficient (Wildman–Crippen LogP) is 4.95. The van der Waals surface area contributed by atoms with Crippen LogP contribution in [0, 0.1) is 17.0 Å². The summed E-state index contributed by atoms with van der Waals surface area (Å²) in [5.41, 5.74) is 8.37. The number of benzene rings is 2. The Balaban J connectivity index is 0.000000483. The van der Waals surface area contributed by atoms with Crippen LogP contribution >= 0.6 is 0 Å². The molecule has 0 saturated heterocycles. The van der Waals surface area contributed by atoms with Crippen LogP contribution in [0.1, 0.15) is 51.1 Å². The molecular weight excluding hydrogens is 481 g/mol. The van der Waals surface area contributed by atoms with Crippen molar-refractivity contribution in [3.05, 3.63) is 77.1 Å². The number of carbonyl (C=O) groups is 1. The summed E-state index contributed by atoms with van der Waals surface area (Å²) in [5.74, 6) is -0.922. The monoisotopic (exact) mass is 520 g/mol. The molecule has 0 aliphatic rings. The number of hydrogen-bond donors (Lipinski definition) is 4. The lowest BCUT2D eigenvalue weighted by Crippen LogP contribution is -2.33. The van der Waals surface area contributed by atoms with E-state index in [1.165, 1.54) is 13.0 Å². The van der Waals surface area contributed by atoms with E-state index in [9.17, 15) is 18.0 Å². The van der Waals surface area contributed by atoms with Gasteiger partial charge in [-0.2, -0.15) is 0 Å². The number of nitrogens with one attached hydrogen (secondary N) is 2. The largest absolute Gasteiger partial charge is 0.384 e. The number of nitrogens with two attached hydrogens (primary N) is 1. The molecular formula is C28H39F3N4O2. The van der Waals surface area contributed by atoms with Crippen LogP contribution in [0.4, 0.5) is 13.2 Å². The summed E-state index contributed by atoms with van der Waals surface area (Å²) in [6, 6.07) is 13.5. The molecule has 5 N–H and O–H groups in total. The van der Waals surface area contributed by atoms with Crippen LogP contribution in [0.2, 0.25) is 0 Å². The maximum Gasteiger partial charge on any atom is 0.248 e. The summed E-state index contributed by atoms with van der Waals surface area (Å²) < 4.78 is 37.2. The Morgan fingerprint density at radius 2 is 1.78 bits per heavy atom. The van der Waals surface area contributed by atoms with Crippen LogP contribution in [-0.2, 0) is 17.6 Å². The van der Waals surface area contributed by atoms with Gasteiger partial charge in [-0.15, -0.1) is 0 Å². The Hall–Kier alpha value is -3.17. The first-order chi connectivity index (χ1) is 17.5. The Morgan fingerprint density at radius 3 is 2.35 bits per heavy atom. The quantitative estimate of drug-likeness (QED) is 0.316. The van der Waals surface area contributed by atoms with E-state index in [2.05, 4.69) is 36.1 Å². The third-order valence-corrected chi connectivity index (χ3v) is 5.03. The van der Waals surface area contributed by atoms with Crippen LogP contribution in [-0.4, -0.2) is 47.4 Å². The molecule has 1 aromatic heterocycles. The molecule has 0 bridgehead atoms. The van der Waals surface area contributed by atoms with Gasteiger partial charge >= 0.3 is 0 Å². The molecule has 0 spiro atoms. The highest BCUT2D eigenvalue weighted by molar-refractivity contribution is 5.79. The van der Waals surface area contributed by atoms with Gasteiger partial charge < -0.3 is 21.1 Å². The molecule has 9 heteroatoms. The van der Waals surface area contributed by atoms with Gasteiger partial charge in [0.2, 0.25) is 5.91 Å². The molecule has 1 atom stereocenters. The first-order valence-corrected chi connectivity index (χ1v) is 12.1. The number of alkyl halides is 1. The standard InChI is InChI=1S/C21H22F2N2.C6H14N2O2.CH3F/c1-21(2,3)13-19-18(11-14-7-5-4-6-8-14)24-20(25-19)16-12-15(22)9-10-17(16)23;1-5(9)6(10)8-4-2-3-7;1-2/h4-10,12H,11,13H2,1-3H3,(H,24,25);5,9H,2-4,7H2,1H3,(H,8,10);1H3/t;5-;/m.0./s1. The van der Waals surface area contributed by atoms with Gasteiger partial charge in [0.05, 0.1) is 18.4 Å². The molecule has 0 aliphatic carbocycles. The van der Waals surface area contributed by atoms with Crippen molar-refractivity contribution in [3.8, 4) is 11.4 Å². The van der Waals surface area contributed by atoms with Crippen molar-refractivity contribution in [1.82, 2.24) is 15.3 Å². The second kappa shape index (κ2) is 15.8. The van der Waals surface area contributed by atoms with Crippen molar-refractivity contribution in [3.63, 3.8) is 0 Å². The van der Waals surface area contributed by atoms with Crippen molar-refractivity contribution in [1.29, 1.82) is 0 Å². The average molecular weight is 521 g/mol. The van der Waals surface area contributed by atoms with E-state index in [1.54, 1.807) is 0 Å². The molecule has 6 nitrogen and oxygen atoms in total. The van der Waals surface area contributed by atoms with Gasteiger partial charge in [0.1, 0.15) is 23.6 Å². The van der Waals surface area contributed by atoms with Crippen LogP contribution in [0.25, 0.3) is 11.4 Å². The minimum atomic E-state index is -0.919. The number of halogens is 3. The number of nitrogens with zero attached hydrogens (tertiary/aromatic N) is 1. The van der Waals surface area contributed by atoms with Crippen molar-refractivity contribution >= 4 is 5.91 Å². The number of aromatic amines is 1. The number of hydrogen-bond acceptors (Lipinski definition) is 4. The lowest BCUT2D eigenvalue weighted by atomic mass is 9.89. The molecule has 0 aliphatic heterocycles. The molecule has 0 fully saturated rings. The van der Waals surface area contributed by atoms with Gasteiger partial charge in [-0.3, -0.25) is 9.18 Å². The van der Waals surface area contributed by atoms with E-state index < -0.39 is 17.7 Å². The van der Waals surface area contributed by atoms with E-state index in [0.717, 1.165) is 41.9 Å². The summed E-state index contributed by atoms with van der Waals surface area (Å²) in [6.45, 7) is 8.93. The number of amides is 1. The summed E-state index contributed by atoms with van der Waals surface area (Å²) in [5, 5.41) is 11.2. The van der Waals surface area contributed by atoms with E-state index in [0.29, 0.717) is 32.5 Å². The van der Waals surface area contributed by atoms with Crippen molar-refractivity contribution in [2.45, 2.75) is 53.1 Å². The first-order valence-electron chi connectivity index (χ1n) is 12.1. The third kappa shape index (κ3) is 11.6. The summed E-state index contributed by atoms with van der Waals surface area (Å²) >= 11 is 0. The topological polar surface area (TPSA) is 104 Å². The second-order valence-corrected chi connectivity index (χ2v) is 9.64. The van der Waals surface area contributed by atoms with Crippen LogP contribution < -0.4 is 11.1 Å². The van der Waals surface area contributed by atoms with E-state index in [1.807, 2.05) is 30.3 Å². The lowest BCUT2D eigenvalue weighted by molar-refractivity contribution is -0.128. The Bertz CT molecular complexity index is 1080. The molecule has 204 valence electrons. The summed E-state index contributed by atoms with van der Waals surface area (Å²) in [7, 11) is 0.500. The molecule has 1 amide bonds. The molecule has 3 rings (SSSR count). The van der Waals surface area contributed by atoms with Crippen molar-refractivity contribution < 1.29 is 23.1 Å². The molecule has 0 unspecified atom stereocenters. The number of aliphatic hydroxyl groups is 1. The van der Waals surface area contributed by atoms with Crippen molar-refractivity contribution in [2.24, 2.45) is 11.1 Å². The normalized spacial score (nSPS) is 11.5. The van der Waals surface area contributed by atoms with Gasteiger partial charge in [0.25, 0.3) is 0 Å². The Kier molecular flexibility index (Phi) is 13.6. The van der Waals surface area contributed by atoms with E-state index in [4.69, 9.17) is 10.8 Å². The van der Waals surface area contributed by atoms with Gasteiger partial charge in [-0.05, 0) is 55.5 Å².